The maximum absolute atomic E-state index is 5.27. The third-order valence-corrected chi connectivity index (χ3v) is 2.76. The molecule has 0 saturated carbocycles. The molecule has 1 aromatic carbocycles. The highest BCUT2D eigenvalue weighted by Gasteiger charge is 2.05. The second kappa shape index (κ2) is 4.49. The van der Waals surface area contributed by atoms with Crippen molar-refractivity contribution in [2.75, 3.05) is 5.32 Å². The van der Waals surface area contributed by atoms with Crippen LogP contribution in [0.2, 0.25) is 0 Å². The van der Waals surface area contributed by atoms with E-state index in [9.17, 15) is 0 Å². The van der Waals surface area contributed by atoms with E-state index in [1.807, 2.05) is 43.3 Å². The van der Waals surface area contributed by atoms with Crippen molar-refractivity contribution in [1.82, 2.24) is 9.97 Å². The van der Waals surface area contributed by atoms with Crippen molar-refractivity contribution in [2.45, 2.75) is 13.5 Å². The molecule has 90 valence electrons. The first kappa shape index (κ1) is 10.8. The lowest BCUT2D eigenvalue weighted by molar-refractivity contribution is 0.517. The second-order valence-corrected chi connectivity index (χ2v) is 4.08. The molecule has 4 heteroatoms. The Balaban J connectivity index is 1.89. The predicted molar refractivity (Wildman–Crippen MR) is 70.3 cm³/mol. The van der Waals surface area contributed by atoms with Crippen molar-refractivity contribution in [3.05, 3.63) is 54.1 Å². The molecule has 3 rings (SSSR count). The van der Waals surface area contributed by atoms with Crippen LogP contribution in [0.25, 0.3) is 11.0 Å². The molecule has 4 nitrogen and oxygen atoms in total. The maximum atomic E-state index is 5.27. The molecule has 2 heterocycles. The van der Waals surface area contributed by atoms with Gasteiger partial charge in [-0.1, -0.05) is 12.1 Å². The highest BCUT2D eigenvalue weighted by Crippen LogP contribution is 2.16. The predicted octanol–water partition coefficient (Wildman–Crippen LogP) is 3.14. The number of furan rings is 1. The molecule has 0 aliphatic heterocycles. The minimum Gasteiger partial charge on any atom is -0.467 e. The van der Waals surface area contributed by atoms with Crippen molar-refractivity contribution >= 4 is 16.9 Å². The van der Waals surface area contributed by atoms with Gasteiger partial charge in [0.05, 0.1) is 29.5 Å². The van der Waals surface area contributed by atoms with Crippen molar-refractivity contribution in [3.8, 4) is 0 Å². The van der Waals surface area contributed by atoms with Gasteiger partial charge < -0.3 is 9.73 Å². The summed E-state index contributed by atoms with van der Waals surface area (Å²) in [6.07, 6.45) is 1.66. The van der Waals surface area contributed by atoms with E-state index >= 15 is 0 Å². The van der Waals surface area contributed by atoms with E-state index in [1.165, 1.54) is 0 Å². The van der Waals surface area contributed by atoms with Gasteiger partial charge in [0.25, 0.3) is 0 Å². The molecule has 3 aromatic rings. The van der Waals surface area contributed by atoms with Crippen molar-refractivity contribution in [1.29, 1.82) is 0 Å². The molecular weight excluding hydrogens is 226 g/mol. The van der Waals surface area contributed by atoms with Gasteiger partial charge in [-0.3, -0.25) is 0 Å². The number of aromatic nitrogens is 2. The number of aryl methyl sites for hydroxylation is 1. The Kier molecular flexibility index (Phi) is 2.68. The maximum Gasteiger partial charge on any atom is 0.148 e. The fraction of sp³-hybridized carbons (Fsp3) is 0.143. The fourth-order valence-corrected chi connectivity index (χ4v) is 1.84. The normalized spacial score (nSPS) is 10.7. The van der Waals surface area contributed by atoms with E-state index in [0.717, 1.165) is 28.3 Å². The van der Waals surface area contributed by atoms with Gasteiger partial charge in [0.15, 0.2) is 0 Å². The van der Waals surface area contributed by atoms with Crippen LogP contribution in [0.15, 0.2) is 47.1 Å². The lowest BCUT2D eigenvalue weighted by atomic mass is 10.3. The minimum atomic E-state index is 0.612. The number of rotatable bonds is 3. The van der Waals surface area contributed by atoms with Crippen LogP contribution in [0.3, 0.4) is 0 Å². The van der Waals surface area contributed by atoms with Gasteiger partial charge in [-0.15, -0.1) is 0 Å². The summed E-state index contributed by atoms with van der Waals surface area (Å²) in [6.45, 7) is 2.56. The summed E-state index contributed by atoms with van der Waals surface area (Å²) in [5.41, 5.74) is 2.70. The molecule has 0 unspecified atom stereocenters. The lowest BCUT2D eigenvalue weighted by Crippen LogP contribution is -2.04. The number of benzene rings is 1. The molecule has 1 N–H and O–H groups in total. The van der Waals surface area contributed by atoms with Gasteiger partial charge in [0, 0.05) is 0 Å². The number of hydrogen-bond donors (Lipinski definition) is 1. The van der Waals surface area contributed by atoms with Crippen molar-refractivity contribution in [3.63, 3.8) is 0 Å². The fourth-order valence-electron chi connectivity index (χ4n) is 1.84. The first-order chi connectivity index (χ1) is 8.83. The number of fused-ring (bicyclic) bond motifs is 1. The Morgan fingerprint density at radius 3 is 2.56 bits per heavy atom. The topological polar surface area (TPSA) is 51.0 Å². The summed E-state index contributed by atoms with van der Waals surface area (Å²) < 4.78 is 5.27. The van der Waals surface area contributed by atoms with Gasteiger partial charge in [-0.25, -0.2) is 9.97 Å². The molecule has 0 radical (unpaired) electrons. The zero-order valence-electron chi connectivity index (χ0n) is 10.1. The molecule has 0 amide bonds. The Hall–Kier alpha value is -2.36. The number of nitrogens with zero attached hydrogens (tertiary/aromatic N) is 2. The van der Waals surface area contributed by atoms with Gasteiger partial charge >= 0.3 is 0 Å². The van der Waals surface area contributed by atoms with Crippen LogP contribution in [0, 0.1) is 6.92 Å². The molecule has 0 aliphatic carbocycles. The number of hydrogen-bond acceptors (Lipinski definition) is 4. The molecular formula is C14H13N3O. The van der Waals surface area contributed by atoms with Crippen LogP contribution in [0.4, 0.5) is 5.82 Å². The zero-order chi connectivity index (χ0) is 12.4. The molecule has 0 fully saturated rings. The van der Waals surface area contributed by atoms with Gasteiger partial charge in [-0.05, 0) is 31.2 Å². The van der Waals surface area contributed by atoms with Gasteiger partial charge in [-0.2, -0.15) is 0 Å². The summed E-state index contributed by atoms with van der Waals surface area (Å²) in [4.78, 5) is 9.08. The summed E-state index contributed by atoms with van der Waals surface area (Å²) >= 11 is 0. The van der Waals surface area contributed by atoms with Crippen LogP contribution >= 0.6 is 0 Å². The first-order valence-electron chi connectivity index (χ1n) is 5.82. The second-order valence-electron chi connectivity index (χ2n) is 4.08. The SMILES string of the molecule is Cc1nc2ccccc2nc1NCc1ccco1. The Morgan fingerprint density at radius 1 is 1.06 bits per heavy atom. The third kappa shape index (κ3) is 2.05. The Bertz CT molecular complexity index is 662. The third-order valence-electron chi connectivity index (χ3n) is 2.76. The van der Waals surface area contributed by atoms with Crippen LogP contribution in [-0.2, 0) is 6.54 Å². The first-order valence-corrected chi connectivity index (χ1v) is 5.82. The molecule has 0 atom stereocenters. The summed E-state index contributed by atoms with van der Waals surface area (Å²) in [7, 11) is 0. The van der Waals surface area contributed by atoms with Crippen LogP contribution in [0.1, 0.15) is 11.5 Å². The largest absolute Gasteiger partial charge is 0.467 e. The smallest absolute Gasteiger partial charge is 0.148 e. The molecule has 2 aromatic heterocycles. The number of nitrogens with one attached hydrogen (secondary N) is 1. The summed E-state index contributed by atoms with van der Waals surface area (Å²) in [5, 5.41) is 3.24. The number of para-hydroxylation sites is 2. The highest BCUT2D eigenvalue weighted by molar-refractivity contribution is 5.76. The van der Waals surface area contributed by atoms with E-state index < -0.39 is 0 Å². The number of anilines is 1. The van der Waals surface area contributed by atoms with Crippen molar-refractivity contribution in [2.24, 2.45) is 0 Å². The Labute approximate surface area is 105 Å². The van der Waals surface area contributed by atoms with E-state index in [1.54, 1.807) is 6.26 Å². The lowest BCUT2D eigenvalue weighted by Gasteiger charge is -2.07. The molecule has 0 saturated heterocycles. The Morgan fingerprint density at radius 2 is 1.83 bits per heavy atom. The highest BCUT2D eigenvalue weighted by atomic mass is 16.3. The van der Waals surface area contributed by atoms with E-state index in [0.29, 0.717) is 6.54 Å². The standard InChI is InChI=1S/C14H13N3O/c1-10-14(15-9-11-5-4-8-18-11)17-13-7-3-2-6-12(13)16-10/h2-8H,9H2,1H3,(H,15,17). The van der Waals surface area contributed by atoms with E-state index in [2.05, 4.69) is 15.3 Å². The molecule has 0 aliphatic rings. The van der Waals surface area contributed by atoms with Gasteiger partial charge in [0.1, 0.15) is 11.6 Å². The van der Waals surface area contributed by atoms with Crippen molar-refractivity contribution < 1.29 is 4.42 Å². The summed E-state index contributed by atoms with van der Waals surface area (Å²) in [6, 6.07) is 11.6. The molecule has 18 heavy (non-hydrogen) atoms. The minimum absolute atomic E-state index is 0.612. The van der Waals surface area contributed by atoms with E-state index in [4.69, 9.17) is 4.42 Å². The van der Waals surface area contributed by atoms with Crippen LogP contribution in [-0.4, -0.2) is 9.97 Å². The van der Waals surface area contributed by atoms with Crippen LogP contribution < -0.4 is 5.32 Å². The molecule has 0 bridgehead atoms. The van der Waals surface area contributed by atoms with E-state index in [-0.39, 0.29) is 0 Å². The summed E-state index contributed by atoms with van der Waals surface area (Å²) in [5.74, 6) is 1.68. The van der Waals surface area contributed by atoms with Gasteiger partial charge in [0.2, 0.25) is 0 Å². The van der Waals surface area contributed by atoms with Crippen LogP contribution in [0.5, 0.6) is 0 Å². The average Bonchev–Trinajstić information content (AvgIpc) is 2.89. The monoisotopic (exact) mass is 239 g/mol. The average molecular weight is 239 g/mol. The zero-order valence-corrected chi connectivity index (χ0v) is 10.1. The quantitative estimate of drug-likeness (QED) is 0.762. The molecule has 0 spiro atoms.